The molecule has 1 heterocycles. The van der Waals surface area contributed by atoms with Crippen molar-refractivity contribution in [2.24, 2.45) is 16.1 Å². The van der Waals surface area contributed by atoms with Crippen molar-refractivity contribution in [3.63, 3.8) is 0 Å². The second-order valence-corrected chi connectivity index (χ2v) is 6.65. The van der Waals surface area contributed by atoms with Gasteiger partial charge in [0.15, 0.2) is 0 Å². The van der Waals surface area contributed by atoms with Crippen molar-refractivity contribution in [2.75, 3.05) is 0 Å². The summed E-state index contributed by atoms with van der Waals surface area (Å²) in [5, 5.41) is 7.74. The Morgan fingerprint density at radius 2 is 2.00 bits per heavy atom. The first-order valence-electron chi connectivity index (χ1n) is 7.54. The summed E-state index contributed by atoms with van der Waals surface area (Å²) in [5.41, 5.74) is 7.65. The van der Waals surface area contributed by atoms with E-state index in [0.29, 0.717) is 5.71 Å². The third-order valence-corrected chi connectivity index (χ3v) is 3.73. The van der Waals surface area contributed by atoms with Crippen LogP contribution in [0, 0.1) is 5.92 Å². The minimum atomic E-state index is -0.503. The van der Waals surface area contributed by atoms with Gasteiger partial charge in [0.05, 0.1) is 12.1 Å². The number of carbonyl (C=O) groups is 2. The Kier molecular flexibility index (Phi) is 4.93. The van der Waals surface area contributed by atoms with Gasteiger partial charge >= 0.3 is 0 Å². The maximum atomic E-state index is 11.8. The van der Waals surface area contributed by atoms with Gasteiger partial charge in [0, 0.05) is 12.1 Å². The van der Waals surface area contributed by atoms with E-state index in [1.165, 1.54) is 5.56 Å². The van der Waals surface area contributed by atoms with Crippen LogP contribution in [0.15, 0.2) is 34.5 Å². The number of hydrazone groups is 2. The largest absolute Gasteiger partial charge is 0.273 e. The number of hydrogen-bond donors (Lipinski definition) is 2. The summed E-state index contributed by atoms with van der Waals surface area (Å²) in [6.45, 7) is 8.18. The zero-order valence-corrected chi connectivity index (χ0v) is 13.9. The van der Waals surface area contributed by atoms with E-state index < -0.39 is 5.92 Å². The first-order valence-corrected chi connectivity index (χ1v) is 7.54. The number of amides is 2. The van der Waals surface area contributed by atoms with E-state index in [-0.39, 0.29) is 23.7 Å². The standard InChI is InChI=1S/C17H22N4O2/c1-11-14(16(23)21-19-11)9-15(22)20-18-10-12-5-7-13(8-6-12)17(2,3)4/h5-8,10,14H,9H2,1-4H3,(H,20,22)(H,21,23). The molecule has 0 aromatic heterocycles. The molecule has 6 nitrogen and oxygen atoms in total. The zero-order chi connectivity index (χ0) is 17.0. The Morgan fingerprint density at radius 1 is 1.35 bits per heavy atom. The Morgan fingerprint density at radius 3 is 2.52 bits per heavy atom. The number of benzene rings is 1. The molecule has 6 heteroatoms. The van der Waals surface area contributed by atoms with Crippen LogP contribution in [0.5, 0.6) is 0 Å². The fraction of sp³-hybridized carbons (Fsp3) is 0.412. The van der Waals surface area contributed by atoms with Crippen LogP contribution in [0.25, 0.3) is 0 Å². The molecule has 23 heavy (non-hydrogen) atoms. The van der Waals surface area contributed by atoms with Gasteiger partial charge in [-0.2, -0.15) is 10.2 Å². The average Bonchev–Trinajstić information content (AvgIpc) is 2.79. The van der Waals surface area contributed by atoms with Crippen LogP contribution in [0.2, 0.25) is 0 Å². The number of carbonyl (C=O) groups excluding carboxylic acids is 2. The molecule has 2 amide bonds. The molecular formula is C17H22N4O2. The molecule has 1 aromatic carbocycles. The molecular weight excluding hydrogens is 292 g/mol. The first kappa shape index (κ1) is 16.9. The molecule has 0 fully saturated rings. The van der Waals surface area contributed by atoms with Crippen molar-refractivity contribution >= 4 is 23.7 Å². The average molecular weight is 314 g/mol. The molecule has 1 aliphatic rings. The van der Waals surface area contributed by atoms with E-state index in [4.69, 9.17) is 0 Å². The number of hydrogen-bond acceptors (Lipinski definition) is 4. The summed E-state index contributed by atoms with van der Waals surface area (Å²) in [4.78, 5) is 23.3. The van der Waals surface area contributed by atoms with Crippen molar-refractivity contribution in [3.8, 4) is 0 Å². The lowest BCUT2D eigenvalue weighted by Gasteiger charge is -2.18. The third kappa shape index (κ3) is 4.48. The molecule has 1 unspecified atom stereocenters. The summed E-state index contributed by atoms with van der Waals surface area (Å²) in [5.74, 6) is -1.07. The third-order valence-electron chi connectivity index (χ3n) is 3.73. The summed E-state index contributed by atoms with van der Waals surface area (Å²) in [6, 6.07) is 8.01. The van der Waals surface area contributed by atoms with E-state index in [0.717, 1.165) is 5.56 Å². The van der Waals surface area contributed by atoms with Crippen LogP contribution in [-0.4, -0.2) is 23.7 Å². The second kappa shape index (κ2) is 6.73. The summed E-state index contributed by atoms with van der Waals surface area (Å²) in [7, 11) is 0. The highest BCUT2D eigenvalue weighted by Gasteiger charge is 2.28. The normalized spacial score (nSPS) is 18.0. The minimum Gasteiger partial charge on any atom is -0.273 e. The van der Waals surface area contributed by atoms with Crippen LogP contribution in [0.4, 0.5) is 0 Å². The van der Waals surface area contributed by atoms with Crippen LogP contribution in [-0.2, 0) is 15.0 Å². The van der Waals surface area contributed by atoms with E-state index in [2.05, 4.69) is 41.8 Å². The van der Waals surface area contributed by atoms with Crippen molar-refractivity contribution in [2.45, 2.75) is 39.5 Å². The molecule has 0 spiro atoms. The Labute approximate surface area is 136 Å². The van der Waals surface area contributed by atoms with Gasteiger partial charge in [0.2, 0.25) is 11.8 Å². The van der Waals surface area contributed by atoms with Crippen LogP contribution in [0.3, 0.4) is 0 Å². The molecule has 122 valence electrons. The summed E-state index contributed by atoms with van der Waals surface area (Å²) in [6.07, 6.45) is 1.63. The van der Waals surface area contributed by atoms with Gasteiger partial charge in [-0.3, -0.25) is 9.59 Å². The van der Waals surface area contributed by atoms with Crippen molar-refractivity contribution in [1.82, 2.24) is 10.9 Å². The van der Waals surface area contributed by atoms with Crippen molar-refractivity contribution < 1.29 is 9.59 Å². The lowest BCUT2D eigenvalue weighted by molar-refractivity contribution is -0.127. The van der Waals surface area contributed by atoms with Crippen molar-refractivity contribution in [3.05, 3.63) is 35.4 Å². The monoisotopic (exact) mass is 314 g/mol. The van der Waals surface area contributed by atoms with Crippen LogP contribution in [0.1, 0.15) is 45.2 Å². The van der Waals surface area contributed by atoms with E-state index in [1.54, 1.807) is 13.1 Å². The quantitative estimate of drug-likeness (QED) is 0.657. The molecule has 1 aromatic rings. The smallest absolute Gasteiger partial charge is 0.249 e. The van der Waals surface area contributed by atoms with Gasteiger partial charge < -0.3 is 0 Å². The molecule has 2 rings (SSSR count). The molecule has 1 aliphatic heterocycles. The van der Waals surface area contributed by atoms with Crippen molar-refractivity contribution in [1.29, 1.82) is 0 Å². The second-order valence-electron chi connectivity index (χ2n) is 6.65. The predicted octanol–water partition coefficient (Wildman–Crippen LogP) is 1.95. The SMILES string of the molecule is CC1=NNC(=O)C1CC(=O)NN=Cc1ccc(C(C)(C)C)cc1. The lowest BCUT2D eigenvalue weighted by atomic mass is 9.87. The molecule has 0 saturated heterocycles. The Balaban J connectivity index is 1.88. The Hall–Kier alpha value is -2.50. The molecule has 0 radical (unpaired) electrons. The Bertz CT molecular complexity index is 654. The minimum absolute atomic E-state index is 0.0431. The summed E-state index contributed by atoms with van der Waals surface area (Å²) < 4.78 is 0. The molecule has 0 bridgehead atoms. The van der Waals surface area contributed by atoms with Gasteiger partial charge in [0.1, 0.15) is 0 Å². The highest BCUT2D eigenvalue weighted by atomic mass is 16.2. The van der Waals surface area contributed by atoms with Gasteiger partial charge in [-0.1, -0.05) is 45.0 Å². The molecule has 1 atom stereocenters. The first-order chi connectivity index (χ1) is 10.8. The number of nitrogens with one attached hydrogen (secondary N) is 2. The van der Waals surface area contributed by atoms with Gasteiger partial charge in [-0.25, -0.2) is 10.9 Å². The molecule has 2 N–H and O–H groups in total. The van der Waals surface area contributed by atoms with Gasteiger partial charge in [-0.15, -0.1) is 0 Å². The molecule has 0 saturated carbocycles. The predicted molar refractivity (Wildman–Crippen MR) is 90.2 cm³/mol. The maximum Gasteiger partial charge on any atom is 0.249 e. The highest BCUT2D eigenvalue weighted by molar-refractivity contribution is 6.09. The fourth-order valence-electron chi connectivity index (χ4n) is 2.21. The van der Waals surface area contributed by atoms with E-state index in [1.807, 2.05) is 24.3 Å². The van der Waals surface area contributed by atoms with E-state index in [9.17, 15) is 9.59 Å². The van der Waals surface area contributed by atoms with Gasteiger partial charge in [0.25, 0.3) is 0 Å². The lowest BCUT2D eigenvalue weighted by Crippen LogP contribution is -2.29. The number of rotatable bonds is 4. The highest BCUT2D eigenvalue weighted by Crippen LogP contribution is 2.21. The van der Waals surface area contributed by atoms with Crippen LogP contribution < -0.4 is 10.9 Å². The van der Waals surface area contributed by atoms with E-state index >= 15 is 0 Å². The zero-order valence-electron chi connectivity index (χ0n) is 13.9. The topological polar surface area (TPSA) is 82.9 Å². The number of nitrogens with zero attached hydrogens (tertiary/aromatic N) is 2. The van der Waals surface area contributed by atoms with Crippen LogP contribution >= 0.6 is 0 Å². The summed E-state index contributed by atoms with van der Waals surface area (Å²) >= 11 is 0. The fourth-order valence-corrected chi connectivity index (χ4v) is 2.21. The maximum absolute atomic E-state index is 11.8. The molecule has 0 aliphatic carbocycles. The van der Waals surface area contributed by atoms with Gasteiger partial charge in [-0.05, 0) is 23.5 Å².